The molecule has 2 heterocycles. The third kappa shape index (κ3) is 4.11. The summed E-state index contributed by atoms with van der Waals surface area (Å²) in [5.74, 6) is 0.511. The van der Waals surface area contributed by atoms with E-state index < -0.39 is 4.92 Å². The van der Waals surface area contributed by atoms with Crippen molar-refractivity contribution in [2.75, 3.05) is 6.54 Å². The lowest BCUT2D eigenvalue weighted by atomic mass is 10.1. The standard InChI is InChI=1S/C17H16N4O4/c22-17(11-13-4-6-14(7-5-13)21(23)24)18-12-15(16-3-1-10-25-16)20-9-2-8-19-20/h1-10,15H,11-12H2,(H,18,22). The van der Waals surface area contributed by atoms with Crippen LogP contribution in [0.25, 0.3) is 0 Å². The zero-order valence-corrected chi connectivity index (χ0v) is 13.2. The molecule has 0 aliphatic rings. The first-order valence-electron chi connectivity index (χ1n) is 7.66. The quantitative estimate of drug-likeness (QED) is 0.525. The van der Waals surface area contributed by atoms with Crippen LogP contribution in [0.15, 0.2) is 65.5 Å². The van der Waals surface area contributed by atoms with Gasteiger partial charge in [0.1, 0.15) is 11.8 Å². The Bertz CT molecular complexity index is 792. The fourth-order valence-electron chi connectivity index (χ4n) is 2.46. The van der Waals surface area contributed by atoms with Crippen molar-refractivity contribution in [3.05, 3.63) is 82.6 Å². The van der Waals surface area contributed by atoms with Gasteiger partial charge >= 0.3 is 0 Å². The maximum Gasteiger partial charge on any atom is 0.269 e. The molecule has 0 aliphatic heterocycles. The Morgan fingerprint density at radius 2 is 2.08 bits per heavy atom. The zero-order chi connectivity index (χ0) is 17.6. The van der Waals surface area contributed by atoms with E-state index in [9.17, 15) is 14.9 Å². The van der Waals surface area contributed by atoms with Crippen LogP contribution >= 0.6 is 0 Å². The highest BCUT2D eigenvalue weighted by molar-refractivity contribution is 5.78. The van der Waals surface area contributed by atoms with E-state index >= 15 is 0 Å². The first-order valence-corrected chi connectivity index (χ1v) is 7.66. The van der Waals surface area contributed by atoms with E-state index in [2.05, 4.69) is 10.4 Å². The molecule has 0 saturated heterocycles. The first kappa shape index (κ1) is 16.4. The molecule has 1 amide bonds. The van der Waals surface area contributed by atoms with E-state index in [1.165, 1.54) is 12.1 Å². The van der Waals surface area contributed by atoms with Crippen LogP contribution in [0, 0.1) is 10.1 Å². The lowest BCUT2D eigenvalue weighted by Crippen LogP contribution is -2.32. The summed E-state index contributed by atoms with van der Waals surface area (Å²) in [7, 11) is 0. The number of nitrogens with one attached hydrogen (secondary N) is 1. The van der Waals surface area contributed by atoms with Gasteiger partial charge in [0.2, 0.25) is 5.91 Å². The summed E-state index contributed by atoms with van der Waals surface area (Å²) >= 11 is 0. The highest BCUT2D eigenvalue weighted by Gasteiger charge is 2.18. The van der Waals surface area contributed by atoms with Crippen LogP contribution in [-0.4, -0.2) is 27.2 Å². The predicted octanol–water partition coefficient (Wildman–Crippen LogP) is 2.33. The average Bonchev–Trinajstić information content (AvgIpc) is 3.29. The van der Waals surface area contributed by atoms with Crippen molar-refractivity contribution in [2.45, 2.75) is 12.5 Å². The number of aromatic nitrogens is 2. The molecule has 1 atom stereocenters. The largest absolute Gasteiger partial charge is 0.467 e. The predicted molar refractivity (Wildman–Crippen MR) is 88.9 cm³/mol. The van der Waals surface area contributed by atoms with E-state index in [1.807, 2.05) is 6.07 Å². The molecule has 128 valence electrons. The molecule has 1 aromatic carbocycles. The van der Waals surface area contributed by atoms with Crippen LogP contribution in [0.3, 0.4) is 0 Å². The van der Waals surface area contributed by atoms with Gasteiger partial charge in [0.25, 0.3) is 5.69 Å². The number of nitro benzene ring substituents is 1. The summed E-state index contributed by atoms with van der Waals surface area (Å²) in [6.07, 6.45) is 5.18. The fraction of sp³-hybridized carbons (Fsp3) is 0.176. The highest BCUT2D eigenvalue weighted by atomic mass is 16.6. The molecule has 8 nitrogen and oxygen atoms in total. The van der Waals surface area contributed by atoms with E-state index in [4.69, 9.17) is 4.42 Å². The summed E-state index contributed by atoms with van der Waals surface area (Å²) in [6.45, 7) is 0.320. The van der Waals surface area contributed by atoms with Gasteiger partial charge in [-0.1, -0.05) is 12.1 Å². The van der Waals surface area contributed by atoms with Crippen LogP contribution in [0.1, 0.15) is 17.4 Å². The number of amides is 1. The number of nitro groups is 1. The Balaban J connectivity index is 1.61. The number of non-ortho nitro benzene ring substituents is 1. The number of nitrogens with zero attached hydrogens (tertiary/aromatic N) is 3. The third-order valence-corrected chi connectivity index (χ3v) is 3.72. The van der Waals surface area contributed by atoms with E-state index in [0.717, 1.165) is 0 Å². The average molecular weight is 340 g/mol. The van der Waals surface area contributed by atoms with E-state index in [1.54, 1.807) is 47.6 Å². The van der Waals surface area contributed by atoms with Crippen LogP contribution in [0.2, 0.25) is 0 Å². The molecule has 25 heavy (non-hydrogen) atoms. The second kappa shape index (κ2) is 7.43. The smallest absolute Gasteiger partial charge is 0.269 e. The second-order valence-electron chi connectivity index (χ2n) is 5.42. The van der Waals surface area contributed by atoms with Crippen molar-refractivity contribution in [2.24, 2.45) is 0 Å². The minimum absolute atomic E-state index is 0.000670. The number of carbonyl (C=O) groups is 1. The molecule has 8 heteroatoms. The molecule has 1 N–H and O–H groups in total. The Kier molecular flexibility index (Phi) is 4.89. The van der Waals surface area contributed by atoms with Crippen molar-refractivity contribution in [1.29, 1.82) is 0 Å². The van der Waals surface area contributed by atoms with Crippen LogP contribution in [0.4, 0.5) is 5.69 Å². The molecule has 0 spiro atoms. The molecule has 3 aromatic rings. The van der Waals surface area contributed by atoms with Gasteiger partial charge in [0.15, 0.2) is 0 Å². The van der Waals surface area contributed by atoms with E-state index in [-0.39, 0.29) is 24.1 Å². The lowest BCUT2D eigenvalue weighted by Gasteiger charge is -2.16. The summed E-state index contributed by atoms with van der Waals surface area (Å²) in [5, 5.41) is 17.7. The number of carbonyl (C=O) groups excluding carboxylic acids is 1. The van der Waals surface area contributed by atoms with Gasteiger partial charge in [-0.2, -0.15) is 5.10 Å². The summed E-state index contributed by atoms with van der Waals surface area (Å²) in [5.41, 5.74) is 0.706. The zero-order valence-electron chi connectivity index (χ0n) is 13.2. The normalized spacial score (nSPS) is 11.8. The Morgan fingerprint density at radius 1 is 1.28 bits per heavy atom. The maximum atomic E-state index is 12.2. The molecular formula is C17H16N4O4. The van der Waals surface area contributed by atoms with Gasteiger partial charge in [-0.3, -0.25) is 19.6 Å². The summed E-state index contributed by atoms with van der Waals surface area (Å²) < 4.78 is 7.14. The number of furan rings is 1. The Morgan fingerprint density at radius 3 is 2.68 bits per heavy atom. The minimum Gasteiger partial charge on any atom is -0.467 e. The molecule has 3 rings (SSSR count). The molecule has 0 fully saturated rings. The maximum absolute atomic E-state index is 12.2. The van der Waals surface area contributed by atoms with Crippen LogP contribution in [0.5, 0.6) is 0 Å². The minimum atomic E-state index is -0.470. The molecule has 0 radical (unpaired) electrons. The van der Waals surface area contributed by atoms with Gasteiger partial charge in [-0.25, -0.2) is 0 Å². The molecule has 0 saturated carbocycles. The number of hydrogen-bond acceptors (Lipinski definition) is 5. The van der Waals surface area contributed by atoms with Crippen molar-refractivity contribution in [3.8, 4) is 0 Å². The van der Waals surface area contributed by atoms with Gasteiger partial charge in [-0.15, -0.1) is 0 Å². The Hall–Kier alpha value is -3.42. The molecule has 0 bridgehead atoms. The van der Waals surface area contributed by atoms with Gasteiger partial charge in [0.05, 0.1) is 17.6 Å². The summed E-state index contributed by atoms with van der Waals surface area (Å²) in [6, 6.07) is 11.1. The molecule has 1 unspecified atom stereocenters. The van der Waals surface area contributed by atoms with Crippen LogP contribution in [-0.2, 0) is 11.2 Å². The molecule has 0 aliphatic carbocycles. The molecule has 2 aromatic heterocycles. The number of hydrogen-bond donors (Lipinski definition) is 1. The highest BCUT2D eigenvalue weighted by Crippen LogP contribution is 2.17. The molecular weight excluding hydrogens is 324 g/mol. The first-order chi connectivity index (χ1) is 12.1. The lowest BCUT2D eigenvalue weighted by molar-refractivity contribution is -0.384. The van der Waals surface area contributed by atoms with Gasteiger partial charge in [0, 0.05) is 31.1 Å². The van der Waals surface area contributed by atoms with Gasteiger partial charge in [-0.05, 0) is 23.8 Å². The number of rotatable bonds is 7. The third-order valence-electron chi connectivity index (χ3n) is 3.72. The summed E-state index contributed by atoms with van der Waals surface area (Å²) in [4.78, 5) is 22.3. The topological polar surface area (TPSA) is 103 Å². The second-order valence-corrected chi connectivity index (χ2v) is 5.42. The fourth-order valence-corrected chi connectivity index (χ4v) is 2.46. The van der Waals surface area contributed by atoms with Crippen molar-refractivity contribution >= 4 is 11.6 Å². The Labute approximate surface area is 143 Å². The van der Waals surface area contributed by atoms with Crippen molar-refractivity contribution in [3.63, 3.8) is 0 Å². The van der Waals surface area contributed by atoms with Crippen molar-refractivity contribution < 1.29 is 14.1 Å². The SMILES string of the molecule is O=C(Cc1ccc([N+](=O)[O-])cc1)NCC(c1ccco1)n1cccn1. The monoisotopic (exact) mass is 340 g/mol. The van der Waals surface area contributed by atoms with Gasteiger partial charge < -0.3 is 9.73 Å². The van der Waals surface area contributed by atoms with Crippen molar-refractivity contribution in [1.82, 2.24) is 15.1 Å². The van der Waals surface area contributed by atoms with Crippen LogP contribution < -0.4 is 5.32 Å². The van der Waals surface area contributed by atoms with E-state index in [0.29, 0.717) is 17.9 Å². The number of benzene rings is 1.